The Kier molecular flexibility index (Phi) is 4.24. The topological polar surface area (TPSA) is 98.9 Å². The number of aliphatic hydroxyl groups excluding tert-OH is 1. The summed E-state index contributed by atoms with van der Waals surface area (Å²) in [5.41, 5.74) is -1.34. The van der Waals surface area contributed by atoms with Gasteiger partial charge >= 0.3 is 5.69 Å². The molecule has 0 saturated heterocycles. The zero-order chi connectivity index (χ0) is 13.0. The summed E-state index contributed by atoms with van der Waals surface area (Å²) in [7, 11) is 0. The fourth-order valence-corrected chi connectivity index (χ4v) is 1.74. The average molecular weight is 237 g/mol. The summed E-state index contributed by atoms with van der Waals surface area (Å²) in [6.45, 7) is 3.75. The van der Waals surface area contributed by atoms with Crippen molar-refractivity contribution in [2.75, 3.05) is 6.61 Å². The first-order chi connectivity index (χ1) is 8.01. The standard InChI is InChI=1S/C11H15N3O3/c1-7(2)9(3-4-15)14-6-8(5-12)10(16)13-11(14)17/h6-7,9,15H,3-4H2,1-2H3,(H,13,16,17). The average Bonchev–Trinajstić information content (AvgIpc) is 2.26. The van der Waals surface area contributed by atoms with Gasteiger partial charge < -0.3 is 5.11 Å². The van der Waals surface area contributed by atoms with E-state index in [1.54, 1.807) is 6.07 Å². The maximum absolute atomic E-state index is 11.6. The quantitative estimate of drug-likeness (QED) is 0.769. The molecule has 0 amide bonds. The van der Waals surface area contributed by atoms with E-state index in [9.17, 15) is 9.59 Å². The monoisotopic (exact) mass is 237 g/mol. The minimum Gasteiger partial charge on any atom is -0.396 e. The first-order valence-corrected chi connectivity index (χ1v) is 5.37. The fourth-order valence-electron chi connectivity index (χ4n) is 1.74. The molecule has 0 fully saturated rings. The van der Waals surface area contributed by atoms with Crippen molar-refractivity contribution in [2.24, 2.45) is 5.92 Å². The maximum atomic E-state index is 11.6. The second-order valence-electron chi connectivity index (χ2n) is 4.14. The molecule has 6 nitrogen and oxygen atoms in total. The molecule has 1 atom stereocenters. The zero-order valence-corrected chi connectivity index (χ0v) is 9.80. The number of H-pyrrole nitrogens is 1. The van der Waals surface area contributed by atoms with Crippen LogP contribution in [0.1, 0.15) is 31.9 Å². The van der Waals surface area contributed by atoms with Gasteiger partial charge in [-0.05, 0) is 12.3 Å². The number of hydrogen-bond donors (Lipinski definition) is 2. The maximum Gasteiger partial charge on any atom is 0.328 e. The van der Waals surface area contributed by atoms with Crippen molar-refractivity contribution in [1.82, 2.24) is 9.55 Å². The van der Waals surface area contributed by atoms with Crippen molar-refractivity contribution in [3.05, 3.63) is 32.6 Å². The molecular formula is C11H15N3O3. The van der Waals surface area contributed by atoms with Gasteiger partial charge in [0.2, 0.25) is 0 Å². The highest BCUT2D eigenvalue weighted by molar-refractivity contribution is 5.21. The molecule has 1 rings (SSSR count). The SMILES string of the molecule is CC(C)C(CCO)n1cc(C#N)c(=O)[nH]c1=O. The van der Waals surface area contributed by atoms with Crippen molar-refractivity contribution < 1.29 is 5.11 Å². The fraction of sp³-hybridized carbons (Fsp3) is 0.545. The Hall–Kier alpha value is -1.87. The molecule has 0 aliphatic heterocycles. The third-order valence-electron chi connectivity index (χ3n) is 2.64. The van der Waals surface area contributed by atoms with E-state index in [1.807, 2.05) is 13.8 Å². The number of nitrogens with zero attached hydrogens (tertiary/aromatic N) is 2. The van der Waals surface area contributed by atoms with Crippen LogP contribution in [0.15, 0.2) is 15.8 Å². The molecule has 1 unspecified atom stereocenters. The third-order valence-corrected chi connectivity index (χ3v) is 2.64. The first-order valence-electron chi connectivity index (χ1n) is 5.37. The van der Waals surface area contributed by atoms with Gasteiger partial charge in [-0.25, -0.2) is 4.79 Å². The Morgan fingerprint density at radius 2 is 2.18 bits per heavy atom. The van der Waals surface area contributed by atoms with E-state index in [2.05, 4.69) is 4.98 Å². The summed E-state index contributed by atoms with van der Waals surface area (Å²) in [6, 6.07) is 1.49. The van der Waals surface area contributed by atoms with Gasteiger partial charge in [0.1, 0.15) is 11.6 Å². The molecular weight excluding hydrogens is 222 g/mol. The van der Waals surface area contributed by atoms with Crippen LogP contribution in [0.3, 0.4) is 0 Å². The molecule has 1 aromatic rings. The summed E-state index contributed by atoms with van der Waals surface area (Å²) >= 11 is 0. The Balaban J connectivity index is 3.34. The number of hydrogen-bond acceptors (Lipinski definition) is 4. The van der Waals surface area contributed by atoms with Crippen LogP contribution in [0.5, 0.6) is 0 Å². The van der Waals surface area contributed by atoms with Crippen LogP contribution >= 0.6 is 0 Å². The minimum atomic E-state index is -0.680. The van der Waals surface area contributed by atoms with Crippen LogP contribution < -0.4 is 11.2 Å². The lowest BCUT2D eigenvalue weighted by Crippen LogP contribution is -2.35. The minimum absolute atomic E-state index is 0.0592. The van der Waals surface area contributed by atoms with Gasteiger partial charge in [0, 0.05) is 18.8 Å². The highest BCUT2D eigenvalue weighted by Crippen LogP contribution is 2.18. The Morgan fingerprint density at radius 1 is 1.53 bits per heavy atom. The highest BCUT2D eigenvalue weighted by atomic mass is 16.3. The second-order valence-corrected chi connectivity index (χ2v) is 4.14. The summed E-state index contributed by atoms with van der Waals surface area (Å²) in [5, 5.41) is 17.7. The van der Waals surface area contributed by atoms with E-state index in [4.69, 9.17) is 10.4 Å². The van der Waals surface area contributed by atoms with E-state index >= 15 is 0 Å². The molecule has 2 N–H and O–H groups in total. The van der Waals surface area contributed by atoms with Crippen LogP contribution in [-0.4, -0.2) is 21.3 Å². The lowest BCUT2D eigenvalue weighted by atomic mass is 10.0. The predicted molar refractivity (Wildman–Crippen MR) is 61.6 cm³/mol. The van der Waals surface area contributed by atoms with Gasteiger partial charge in [-0.15, -0.1) is 0 Å². The van der Waals surface area contributed by atoms with E-state index in [1.165, 1.54) is 10.8 Å². The van der Waals surface area contributed by atoms with Gasteiger partial charge in [-0.2, -0.15) is 5.26 Å². The van der Waals surface area contributed by atoms with Gasteiger partial charge in [-0.1, -0.05) is 13.8 Å². The van der Waals surface area contributed by atoms with Crippen molar-refractivity contribution in [1.29, 1.82) is 5.26 Å². The number of aliphatic hydroxyl groups is 1. The number of nitriles is 1. The normalized spacial score (nSPS) is 12.4. The molecule has 92 valence electrons. The molecule has 1 heterocycles. The number of nitrogens with one attached hydrogen (secondary N) is 1. The molecule has 6 heteroatoms. The molecule has 0 aliphatic carbocycles. The van der Waals surface area contributed by atoms with E-state index in [-0.39, 0.29) is 24.1 Å². The van der Waals surface area contributed by atoms with Gasteiger partial charge in [0.15, 0.2) is 0 Å². The van der Waals surface area contributed by atoms with Crippen molar-refractivity contribution in [3.8, 4) is 6.07 Å². The van der Waals surface area contributed by atoms with Gasteiger partial charge in [0.25, 0.3) is 5.56 Å². The summed E-state index contributed by atoms with van der Waals surface area (Å²) in [6.07, 6.45) is 1.65. The van der Waals surface area contributed by atoms with E-state index < -0.39 is 11.2 Å². The van der Waals surface area contributed by atoms with Crippen LogP contribution in [0.25, 0.3) is 0 Å². The van der Waals surface area contributed by atoms with Crippen molar-refractivity contribution >= 4 is 0 Å². The number of rotatable bonds is 4. The van der Waals surface area contributed by atoms with Gasteiger partial charge in [0.05, 0.1) is 0 Å². The molecule has 0 saturated carbocycles. The van der Waals surface area contributed by atoms with Crippen LogP contribution in [0.2, 0.25) is 0 Å². The molecule has 0 bridgehead atoms. The molecule has 0 aromatic carbocycles. The predicted octanol–water partition coefficient (Wildman–Crippen LogP) is -0.0122. The van der Waals surface area contributed by atoms with Crippen molar-refractivity contribution in [2.45, 2.75) is 26.3 Å². The lowest BCUT2D eigenvalue weighted by Gasteiger charge is -2.22. The largest absolute Gasteiger partial charge is 0.396 e. The van der Waals surface area contributed by atoms with Crippen LogP contribution in [0.4, 0.5) is 0 Å². The zero-order valence-electron chi connectivity index (χ0n) is 9.80. The number of aromatic nitrogens is 2. The van der Waals surface area contributed by atoms with Gasteiger partial charge in [-0.3, -0.25) is 14.3 Å². The molecule has 17 heavy (non-hydrogen) atoms. The highest BCUT2D eigenvalue weighted by Gasteiger charge is 2.17. The lowest BCUT2D eigenvalue weighted by molar-refractivity contribution is 0.228. The summed E-state index contributed by atoms with van der Waals surface area (Å²) < 4.78 is 1.31. The second kappa shape index (κ2) is 5.46. The Bertz CT molecular complexity index is 536. The van der Waals surface area contributed by atoms with E-state index in [0.717, 1.165) is 0 Å². The first kappa shape index (κ1) is 13.2. The Labute approximate surface area is 98.1 Å². The van der Waals surface area contributed by atoms with Crippen LogP contribution in [0, 0.1) is 17.2 Å². The van der Waals surface area contributed by atoms with Crippen LogP contribution in [-0.2, 0) is 0 Å². The smallest absolute Gasteiger partial charge is 0.328 e. The summed E-state index contributed by atoms with van der Waals surface area (Å²) in [5.74, 6) is 0.109. The van der Waals surface area contributed by atoms with E-state index in [0.29, 0.717) is 6.42 Å². The molecule has 0 aliphatic rings. The third kappa shape index (κ3) is 2.82. The molecule has 1 aromatic heterocycles. The van der Waals surface area contributed by atoms with Crippen molar-refractivity contribution in [3.63, 3.8) is 0 Å². The molecule has 0 spiro atoms. The summed E-state index contributed by atoms with van der Waals surface area (Å²) in [4.78, 5) is 25.0. The number of aromatic amines is 1. The Morgan fingerprint density at radius 3 is 2.65 bits per heavy atom. The molecule has 0 radical (unpaired) electrons.